The maximum atomic E-state index is 13.7. The summed E-state index contributed by atoms with van der Waals surface area (Å²) in [5, 5.41) is 1.10. The zero-order chi connectivity index (χ0) is 15.4. The van der Waals surface area contributed by atoms with Gasteiger partial charge in [-0.3, -0.25) is 0 Å². The average molecular weight is 275 g/mol. The fourth-order valence-electron chi connectivity index (χ4n) is 2.13. The van der Waals surface area contributed by atoms with E-state index >= 15 is 0 Å². The summed E-state index contributed by atoms with van der Waals surface area (Å²) >= 11 is 0. The summed E-state index contributed by atoms with van der Waals surface area (Å²) in [6, 6.07) is 4.49. The van der Waals surface area contributed by atoms with Crippen LogP contribution in [-0.2, 0) is 0 Å². The van der Waals surface area contributed by atoms with Crippen molar-refractivity contribution in [2.75, 3.05) is 5.73 Å². The number of hydrogen-bond acceptors (Lipinski definition) is 1. The van der Waals surface area contributed by atoms with Gasteiger partial charge in [-0.25, -0.2) is 8.78 Å². The topological polar surface area (TPSA) is 26.0 Å². The van der Waals surface area contributed by atoms with Crippen molar-refractivity contribution in [3.63, 3.8) is 0 Å². The molecule has 0 unspecified atom stereocenters. The van der Waals surface area contributed by atoms with Gasteiger partial charge < -0.3 is 5.73 Å². The lowest BCUT2D eigenvalue weighted by molar-refractivity contribution is 0.509. The normalized spacial score (nSPS) is 10.1. The first-order chi connectivity index (χ1) is 9.45. The summed E-state index contributed by atoms with van der Waals surface area (Å²) in [7, 11) is 0. The zero-order valence-electron chi connectivity index (χ0n) is 12.2. The van der Waals surface area contributed by atoms with Gasteiger partial charge in [0.25, 0.3) is 0 Å². The van der Waals surface area contributed by atoms with Crippen molar-refractivity contribution in [3.8, 4) is 12.3 Å². The maximum Gasteiger partial charge on any atom is 0.175 e. The van der Waals surface area contributed by atoms with E-state index in [-0.39, 0.29) is 11.5 Å². The molecule has 0 atom stereocenters. The number of anilines is 1. The minimum Gasteiger partial charge on any atom is -0.399 e. The molecule has 0 amide bonds. The molecule has 0 heterocycles. The monoisotopic (exact) mass is 275 g/mol. The second-order valence-electron chi connectivity index (χ2n) is 4.55. The Morgan fingerprint density at radius 3 is 2.25 bits per heavy atom. The molecule has 1 nitrogen and oxygen atoms in total. The highest BCUT2D eigenvalue weighted by Gasteiger charge is 2.16. The van der Waals surface area contributed by atoms with Gasteiger partial charge in [0.05, 0.1) is 5.56 Å². The predicted octanol–water partition coefficient (Wildman–Crippen LogP) is 4.83. The number of rotatable bonds is 1. The van der Waals surface area contributed by atoms with Gasteiger partial charge in [-0.05, 0) is 35.1 Å². The van der Waals surface area contributed by atoms with Crippen LogP contribution in [0, 0.1) is 24.0 Å². The number of terminal acetylenes is 1. The molecule has 0 aromatic heterocycles. The Bertz CT molecular complexity index is 667. The van der Waals surface area contributed by atoms with Crippen LogP contribution in [0.1, 0.15) is 44.7 Å². The third-order valence-corrected chi connectivity index (χ3v) is 2.95. The molecule has 2 rings (SSSR count). The standard InChI is InChI=1S/C15H13F2N.C2H6/c1-4-11-14-9(6-13(16)15(11)17)5-10(18)7-12(14)8(2)3;1-2/h1,5-8H,18H2,2-3H3;1-2H3. The van der Waals surface area contributed by atoms with Gasteiger partial charge in [0.1, 0.15) is 0 Å². The largest absolute Gasteiger partial charge is 0.399 e. The van der Waals surface area contributed by atoms with Crippen molar-refractivity contribution < 1.29 is 8.78 Å². The minimum atomic E-state index is -0.975. The Hall–Kier alpha value is -2.08. The lowest BCUT2D eigenvalue weighted by Gasteiger charge is -2.14. The van der Waals surface area contributed by atoms with Crippen LogP contribution in [0.3, 0.4) is 0 Å². The highest BCUT2D eigenvalue weighted by molar-refractivity contribution is 5.94. The van der Waals surface area contributed by atoms with Gasteiger partial charge in [0, 0.05) is 11.1 Å². The molecular formula is C17H19F2N. The number of nitrogens with two attached hydrogens (primary N) is 1. The van der Waals surface area contributed by atoms with E-state index in [0.717, 1.165) is 11.6 Å². The highest BCUT2D eigenvalue weighted by atomic mass is 19.2. The Labute approximate surface area is 118 Å². The fourth-order valence-corrected chi connectivity index (χ4v) is 2.13. The average Bonchev–Trinajstić information content (AvgIpc) is 2.42. The van der Waals surface area contributed by atoms with Gasteiger partial charge in [0.2, 0.25) is 0 Å². The Balaban J connectivity index is 0.000000956. The van der Waals surface area contributed by atoms with Crippen LogP contribution in [0.2, 0.25) is 0 Å². The molecule has 2 aromatic rings. The molecule has 0 aliphatic rings. The van der Waals surface area contributed by atoms with Crippen molar-refractivity contribution in [2.45, 2.75) is 33.6 Å². The SMILES string of the molecule is C#Cc1c(F)c(F)cc2cc(N)cc(C(C)C)c12.CC. The number of fused-ring (bicyclic) bond motifs is 1. The fraction of sp³-hybridized carbons (Fsp3) is 0.294. The molecule has 0 radical (unpaired) electrons. The van der Waals surface area contributed by atoms with E-state index in [0.29, 0.717) is 16.5 Å². The molecule has 20 heavy (non-hydrogen) atoms. The first-order valence-corrected chi connectivity index (χ1v) is 6.63. The van der Waals surface area contributed by atoms with E-state index in [1.54, 1.807) is 12.1 Å². The van der Waals surface area contributed by atoms with Gasteiger partial charge in [-0.1, -0.05) is 33.6 Å². The number of benzene rings is 2. The first-order valence-electron chi connectivity index (χ1n) is 6.63. The lowest BCUT2D eigenvalue weighted by atomic mass is 9.92. The third kappa shape index (κ3) is 2.75. The van der Waals surface area contributed by atoms with E-state index in [1.165, 1.54) is 0 Å². The number of halogens is 2. The molecule has 2 aromatic carbocycles. The van der Waals surface area contributed by atoms with E-state index in [2.05, 4.69) is 5.92 Å². The summed E-state index contributed by atoms with van der Waals surface area (Å²) < 4.78 is 27.2. The van der Waals surface area contributed by atoms with Crippen molar-refractivity contribution in [1.29, 1.82) is 0 Å². The van der Waals surface area contributed by atoms with Crippen LogP contribution in [0.25, 0.3) is 10.8 Å². The highest BCUT2D eigenvalue weighted by Crippen LogP contribution is 2.33. The molecule has 0 bridgehead atoms. The summed E-state index contributed by atoms with van der Waals surface area (Å²) in [4.78, 5) is 0. The molecule has 106 valence electrons. The van der Waals surface area contributed by atoms with Crippen molar-refractivity contribution in [3.05, 3.63) is 41.0 Å². The number of hydrogen-bond donors (Lipinski definition) is 1. The van der Waals surface area contributed by atoms with E-state index in [4.69, 9.17) is 12.2 Å². The maximum absolute atomic E-state index is 13.7. The minimum absolute atomic E-state index is 0.0336. The quantitative estimate of drug-likeness (QED) is 0.585. The molecule has 0 spiro atoms. The van der Waals surface area contributed by atoms with Crippen molar-refractivity contribution in [2.24, 2.45) is 0 Å². The molecule has 0 aliphatic carbocycles. The Kier molecular flexibility index (Phi) is 5.10. The third-order valence-electron chi connectivity index (χ3n) is 2.95. The van der Waals surface area contributed by atoms with Gasteiger partial charge >= 0.3 is 0 Å². The molecule has 0 fully saturated rings. The smallest absolute Gasteiger partial charge is 0.175 e. The number of nitrogen functional groups attached to an aromatic ring is 1. The van der Waals surface area contributed by atoms with Crippen LogP contribution >= 0.6 is 0 Å². The summed E-state index contributed by atoms with van der Waals surface area (Å²) in [5.74, 6) is 0.433. The van der Waals surface area contributed by atoms with Crippen LogP contribution in [0.5, 0.6) is 0 Å². The Morgan fingerprint density at radius 2 is 1.75 bits per heavy atom. The molecule has 3 heteroatoms. The Morgan fingerprint density at radius 1 is 1.15 bits per heavy atom. The lowest BCUT2D eigenvalue weighted by Crippen LogP contribution is -1.99. The molecular weight excluding hydrogens is 256 g/mol. The van der Waals surface area contributed by atoms with Crippen LogP contribution in [-0.4, -0.2) is 0 Å². The molecule has 0 aliphatic heterocycles. The van der Waals surface area contributed by atoms with Gasteiger partial charge in [-0.2, -0.15) is 0 Å². The summed E-state index contributed by atoms with van der Waals surface area (Å²) in [5.41, 5.74) is 7.09. The van der Waals surface area contributed by atoms with Crippen molar-refractivity contribution >= 4 is 16.5 Å². The summed E-state index contributed by atoms with van der Waals surface area (Å²) in [6.45, 7) is 7.91. The van der Waals surface area contributed by atoms with E-state index in [9.17, 15) is 8.78 Å². The summed E-state index contributed by atoms with van der Waals surface area (Å²) in [6.07, 6.45) is 5.30. The molecule has 0 saturated heterocycles. The van der Waals surface area contributed by atoms with Crippen molar-refractivity contribution in [1.82, 2.24) is 0 Å². The molecule has 2 N–H and O–H groups in total. The second kappa shape index (κ2) is 6.38. The van der Waals surface area contributed by atoms with Crippen LogP contribution < -0.4 is 5.73 Å². The zero-order valence-corrected chi connectivity index (χ0v) is 12.2. The molecule has 0 saturated carbocycles. The first kappa shape index (κ1) is 16.0. The predicted molar refractivity (Wildman–Crippen MR) is 81.6 cm³/mol. The van der Waals surface area contributed by atoms with E-state index in [1.807, 2.05) is 27.7 Å². The van der Waals surface area contributed by atoms with Crippen LogP contribution in [0.4, 0.5) is 14.5 Å². The van der Waals surface area contributed by atoms with E-state index < -0.39 is 11.6 Å². The van der Waals surface area contributed by atoms with Gasteiger partial charge in [-0.15, -0.1) is 6.42 Å². The second-order valence-corrected chi connectivity index (χ2v) is 4.55. The van der Waals surface area contributed by atoms with Crippen LogP contribution in [0.15, 0.2) is 18.2 Å². The van der Waals surface area contributed by atoms with Gasteiger partial charge in [0.15, 0.2) is 11.6 Å².